The van der Waals surface area contributed by atoms with Crippen LogP contribution in [0.1, 0.15) is 22.5 Å². The summed E-state index contributed by atoms with van der Waals surface area (Å²) in [5.41, 5.74) is 3.83. The Kier molecular flexibility index (Phi) is 6.27. The highest BCUT2D eigenvalue weighted by Crippen LogP contribution is 2.39. The number of carboxylic acid groups (broad SMARTS) is 1. The van der Waals surface area contributed by atoms with Gasteiger partial charge < -0.3 is 20.1 Å². The van der Waals surface area contributed by atoms with Gasteiger partial charge in [0.15, 0.2) is 9.84 Å². The lowest BCUT2D eigenvalue weighted by atomic mass is 10.0. The van der Waals surface area contributed by atoms with Crippen LogP contribution in [0.25, 0.3) is 0 Å². The van der Waals surface area contributed by atoms with Crippen LogP contribution in [-0.2, 0) is 28.6 Å². The quantitative estimate of drug-likeness (QED) is 0.501. The van der Waals surface area contributed by atoms with E-state index in [0.29, 0.717) is 31.1 Å². The standard InChI is InChI=1S/C23H24FN7O5S/c1-13-19(10-26-21-20(13)31(23(32)33)5-6-36-21)30-4-3-14-8-27-22(29-17(14)11-30)28-15-7-16(24)18(25-9-15)12-37(2,34)35/h7-10H,3-6,11-12H2,1-2H3,(H,32,33)(H,27,28,29). The molecule has 0 spiro atoms. The molecule has 5 rings (SSSR count). The number of hydrogen-bond acceptors (Lipinski definition) is 10. The van der Waals surface area contributed by atoms with Crippen LogP contribution in [0.4, 0.5) is 32.2 Å². The minimum absolute atomic E-state index is 0.157. The topological polar surface area (TPSA) is 151 Å². The molecule has 0 unspecified atom stereocenters. The zero-order valence-corrected chi connectivity index (χ0v) is 20.9. The molecule has 3 aromatic rings. The van der Waals surface area contributed by atoms with E-state index in [4.69, 9.17) is 4.74 Å². The van der Waals surface area contributed by atoms with Gasteiger partial charge >= 0.3 is 6.09 Å². The molecule has 14 heteroatoms. The first-order valence-corrected chi connectivity index (χ1v) is 13.5. The van der Waals surface area contributed by atoms with Crippen molar-refractivity contribution >= 4 is 38.9 Å². The maximum absolute atomic E-state index is 14.4. The Morgan fingerprint density at radius 1 is 1.22 bits per heavy atom. The SMILES string of the molecule is Cc1c(N2CCc3cnc(Nc4cnc(CS(C)(=O)=O)c(F)c4)nc3C2)cnc2c1N(C(=O)O)CCO2. The van der Waals surface area contributed by atoms with E-state index in [1.807, 2.05) is 6.92 Å². The molecule has 194 valence electrons. The van der Waals surface area contributed by atoms with Crippen molar-refractivity contribution in [3.05, 3.63) is 53.0 Å². The van der Waals surface area contributed by atoms with Gasteiger partial charge in [-0.1, -0.05) is 0 Å². The molecular formula is C23H24FN7O5S. The first-order chi connectivity index (χ1) is 17.6. The summed E-state index contributed by atoms with van der Waals surface area (Å²) in [5.74, 6) is -0.695. The molecule has 1 amide bonds. The Hall–Kier alpha value is -4.07. The molecule has 12 nitrogen and oxygen atoms in total. The van der Waals surface area contributed by atoms with Crippen molar-refractivity contribution in [3.8, 4) is 5.88 Å². The number of halogens is 1. The Bertz CT molecular complexity index is 1500. The minimum Gasteiger partial charge on any atom is -0.474 e. The Morgan fingerprint density at radius 3 is 2.76 bits per heavy atom. The number of nitrogens with zero attached hydrogens (tertiary/aromatic N) is 6. The number of pyridine rings is 2. The molecule has 0 radical (unpaired) electrons. The highest BCUT2D eigenvalue weighted by molar-refractivity contribution is 7.89. The van der Waals surface area contributed by atoms with E-state index in [1.165, 1.54) is 11.1 Å². The molecule has 2 aliphatic rings. The van der Waals surface area contributed by atoms with Gasteiger partial charge in [0.25, 0.3) is 0 Å². The highest BCUT2D eigenvalue weighted by Gasteiger charge is 2.30. The molecule has 0 aliphatic carbocycles. The van der Waals surface area contributed by atoms with Crippen LogP contribution in [-0.4, -0.2) is 65.5 Å². The van der Waals surface area contributed by atoms with E-state index in [0.717, 1.165) is 34.8 Å². The second-order valence-corrected chi connectivity index (χ2v) is 11.0. The van der Waals surface area contributed by atoms with Crippen LogP contribution in [0.3, 0.4) is 0 Å². The first-order valence-electron chi connectivity index (χ1n) is 11.4. The average molecular weight is 530 g/mol. The summed E-state index contributed by atoms with van der Waals surface area (Å²) >= 11 is 0. The summed E-state index contributed by atoms with van der Waals surface area (Å²) in [6.07, 6.45) is 5.34. The predicted molar refractivity (Wildman–Crippen MR) is 133 cm³/mol. The normalized spacial score (nSPS) is 15.0. The molecule has 2 N–H and O–H groups in total. The summed E-state index contributed by atoms with van der Waals surface area (Å²) in [7, 11) is -3.42. The molecule has 0 atom stereocenters. The maximum Gasteiger partial charge on any atom is 0.412 e. The van der Waals surface area contributed by atoms with Gasteiger partial charge in [-0.2, -0.15) is 0 Å². The molecule has 0 fully saturated rings. The van der Waals surface area contributed by atoms with Gasteiger partial charge in [-0.25, -0.2) is 32.6 Å². The fourth-order valence-electron chi connectivity index (χ4n) is 4.43. The number of nitrogens with one attached hydrogen (secondary N) is 1. The number of hydrogen-bond donors (Lipinski definition) is 2. The number of fused-ring (bicyclic) bond motifs is 2. The van der Waals surface area contributed by atoms with Crippen molar-refractivity contribution in [1.82, 2.24) is 19.9 Å². The monoisotopic (exact) mass is 529 g/mol. The summed E-state index contributed by atoms with van der Waals surface area (Å²) in [6, 6.07) is 1.15. The minimum atomic E-state index is -3.42. The number of aromatic nitrogens is 4. The lowest BCUT2D eigenvalue weighted by molar-refractivity contribution is 0.196. The van der Waals surface area contributed by atoms with E-state index < -0.39 is 27.5 Å². The molecule has 0 saturated heterocycles. The zero-order chi connectivity index (χ0) is 26.3. The molecule has 5 heterocycles. The van der Waals surface area contributed by atoms with Crippen molar-refractivity contribution in [2.24, 2.45) is 0 Å². The molecule has 37 heavy (non-hydrogen) atoms. The Morgan fingerprint density at radius 2 is 2.03 bits per heavy atom. The maximum atomic E-state index is 14.4. The van der Waals surface area contributed by atoms with Crippen LogP contribution in [0, 0.1) is 12.7 Å². The Labute approximate surface area is 212 Å². The second-order valence-electron chi connectivity index (χ2n) is 8.89. The van der Waals surface area contributed by atoms with Crippen molar-refractivity contribution in [1.29, 1.82) is 0 Å². The van der Waals surface area contributed by atoms with E-state index in [1.54, 1.807) is 12.4 Å². The van der Waals surface area contributed by atoms with Gasteiger partial charge in [0.05, 0.1) is 54.0 Å². The molecule has 0 bridgehead atoms. The van der Waals surface area contributed by atoms with Gasteiger partial charge in [0.2, 0.25) is 11.8 Å². The largest absolute Gasteiger partial charge is 0.474 e. The van der Waals surface area contributed by atoms with Gasteiger partial charge in [-0.3, -0.25) is 9.88 Å². The summed E-state index contributed by atoms with van der Waals surface area (Å²) < 4.78 is 42.8. The third-order valence-corrected chi connectivity index (χ3v) is 6.96. The fourth-order valence-corrected chi connectivity index (χ4v) is 5.13. The number of ether oxygens (including phenoxy) is 1. The third-order valence-electron chi connectivity index (χ3n) is 6.16. The van der Waals surface area contributed by atoms with Crippen molar-refractivity contribution in [2.75, 3.05) is 41.1 Å². The van der Waals surface area contributed by atoms with Gasteiger partial charge in [0, 0.05) is 30.6 Å². The molecule has 2 aliphatic heterocycles. The van der Waals surface area contributed by atoms with Crippen LogP contribution >= 0.6 is 0 Å². The fraction of sp³-hybridized carbons (Fsp3) is 0.348. The van der Waals surface area contributed by atoms with Gasteiger partial charge in [-0.05, 0) is 18.9 Å². The smallest absolute Gasteiger partial charge is 0.412 e. The van der Waals surface area contributed by atoms with E-state index in [-0.39, 0.29) is 30.5 Å². The third kappa shape index (κ3) is 5.09. The summed E-state index contributed by atoms with van der Waals surface area (Å²) in [5, 5.41) is 12.5. The lowest BCUT2D eigenvalue weighted by Crippen LogP contribution is -2.38. The molecule has 0 saturated carbocycles. The van der Waals surface area contributed by atoms with E-state index in [2.05, 4.69) is 30.2 Å². The average Bonchev–Trinajstić information content (AvgIpc) is 2.84. The van der Waals surface area contributed by atoms with Crippen molar-refractivity contribution in [3.63, 3.8) is 0 Å². The Balaban J connectivity index is 1.37. The highest BCUT2D eigenvalue weighted by atomic mass is 32.2. The van der Waals surface area contributed by atoms with Crippen LogP contribution in [0.5, 0.6) is 5.88 Å². The van der Waals surface area contributed by atoms with Crippen molar-refractivity contribution < 1.29 is 27.4 Å². The number of amides is 1. The van der Waals surface area contributed by atoms with E-state index in [9.17, 15) is 22.7 Å². The first kappa shape index (κ1) is 24.6. The van der Waals surface area contributed by atoms with Crippen LogP contribution in [0.2, 0.25) is 0 Å². The van der Waals surface area contributed by atoms with Crippen LogP contribution in [0.15, 0.2) is 24.7 Å². The van der Waals surface area contributed by atoms with Crippen molar-refractivity contribution in [2.45, 2.75) is 25.6 Å². The molecule has 0 aromatic carbocycles. The summed E-state index contributed by atoms with van der Waals surface area (Å²) in [4.78, 5) is 32.3. The lowest BCUT2D eigenvalue weighted by Gasteiger charge is -2.34. The van der Waals surface area contributed by atoms with Gasteiger partial charge in [-0.15, -0.1) is 0 Å². The second kappa shape index (κ2) is 9.42. The number of anilines is 4. The summed E-state index contributed by atoms with van der Waals surface area (Å²) in [6.45, 7) is 3.41. The molecular weight excluding hydrogens is 505 g/mol. The zero-order valence-electron chi connectivity index (χ0n) is 20.1. The molecule has 3 aromatic heterocycles. The number of sulfone groups is 1. The number of rotatable bonds is 5. The van der Waals surface area contributed by atoms with Crippen LogP contribution < -0.4 is 19.9 Å². The van der Waals surface area contributed by atoms with Gasteiger partial charge in [0.1, 0.15) is 18.1 Å². The number of carbonyl (C=O) groups is 1. The van der Waals surface area contributed by atoms with E-state index >= 15 is 0 Å². The predicted octanol–water partition coefficient (Wildman–Crippen LogP) is 2.44.